The fourth-order valence-electron chi connectivity index (χ4n) is 1.14. The second-order valence-electron chi connectivity index (χ2n) is 2.75. The van der Waals surface area contributed by atoms with Crippen LogP contribution in [0.15, 0.2) is 5.16 Å². The van der Waals surface area contributed by atoms with Gasteiger partial charge < -0.3 is 4.84 Å². The molecule has 0 spiro atoms. The molecule has 0 saturated heterocycles. The van der Waals surface area contributed by atoms with E-state index in [1.165, 1.54) is 12.1 Å². The molecule has 0 aromatic carbocycles. The summed E-state index contributed by atoms with van der Waals surface area (Å²) in [6.07, 6.45) is 4.80. The summed E-state index contributed by atoms with van der Waals surface area (Å²) in [5, 5.41) is 3.99. The molecule has 0 amide bonds. The molecule has 0 aromatic heterocycles. The van der Waals surface area contributed by atoms with Crippen molar-refractivity contribution in [3.8, 4) is 0 Å². The lowest BCUT2D eigenvalue weighted by atomic mass is 10.1. The lowest BCUT2D eigenvalue weighted by Crippen LogP contribution is -2.05. The van der Waals surface area contributed by atoms with Crippen molar-refractivity contribution >= 4 is 5.71 Å². The fraction of sp³-hybridized carbons (Fsp3) is 0.875. The molecule has 1 rings (SSSR count). The quantitative estimate of drug-likeness (QED) is 0.591. The summed E-state index contributed by atoms with van der Waals surface area (Å²) in [5.41, 5.74) is 1.24. The van der Waals surface area contributed by atoms with Gasteiger partial charge in [0.2, 0.25) is 0 Å². The summed E-state index contributed by atoms with van der Waals surface area (Å²) in [6, 6.07) is 0. The molecule has 1 unspecified atom stereocenters. The maximum atomic E-state index is 5.16. The van der Waals surface area contributed by atoms with E-state index < -0.39 is 0 Å². The van der Waals surface area contributed by atoms with E-state index in [-0.39, 0.29) is 0 Å². The van der Waals surface area contributed by atoms with Gasteiger partial charge in [0.15, 0.2) is 0 Å². The predicted octanol–water partition coefficient (Wildman–Crippen LogP) is 2.34. The standard InChI is InChI=1S/C8H15NO/c1-3-5-7-6-8(4-2)10-9-7/h8H,3-6H2,1-2H3. The van der Waals surface area contributed by atoms with Crippen molar-refractivity contribution in [1.29, 1.82) is 0 Å². The molecule has 1 heterocycles. The van der Waals surface area contributed by atoms with Gasteiger partial charge in [-0.1, -0.05) is 25.4 Å². The highest BCUT2D eigenvalue weighted by Gasteiger charge is 2.17. The molecule has 2 heteroatoms. The maximum absolute atomic E-state index is 5.16. The normalized spacial score (nSPS) is 24.2. The minimum absolute atomic E-state index is 0.376. The van der Waals surface area contributed by atoms with Gasteiger partial charge in [0.1, 0.15) is 6.10 Å². The summed E-state index contributed by atoms with van der Waals surface area (Å²) in [5.74, 6) is 0. The van der Waals surface area contributed by atoms with Gasteiger partial charge in [-0.3, -0.25) is 0 Å². The van der Waals surface area contributed by atoms with Gasteiger partial charge in [-0.25, -0.2) is 0 Å². The first-order valence-corrected chi connectivity index (χ1v) is 4.08. The summed E-state index contributed by atoms with van der Waals surface area (Å²) in [4.78, 5) is 5.16. The van der Waals surface area contributed by atoms with Gasteiger partial charge in [0.05, 0.1) is 5.71 Å². The van der Waals surface area contributed by atoms with E-state index in [1.54, 1.807) is 0 Å². The van der Waals surface area contributed by atoms with E-state index in [0.717, 1.165) is 19.3 Å². The van der Waals surface area contributed by atoms with Crippen molar-refractivity contribution in [3.05, 3.63) is 0 Å². The monoisotopic (exact) mass is 141 g/mol. The third-order valence-electron chi connectivity index (χ3n) is 1.79. The van der Waals surface area contributed by atoms with Crippen LogP contribution in [0.4, 0.5) is 0 Å². The van der Waals surface area contributed by atoms with E-state index in [4.69, 9.17) is 4.84 Å². The Balaban J connectivity index is 2.25. The van der Waals surface area contributed by atoms with Crippen LogP contribution in [0.3, 0.4) is 0 Å². The molecular weight excluding hydrogens is 126 g/mol. The van der Waals surface area contributed by atoms with Gasteiger partial charge >= 0.3 is 0 Å². The van der Waals surface area contributed by atoms with Crippen LogP contribution in [0.1, 0.15) is 39.5 Å². The first kappa shape index (κ1) is 7.58. The van der Waals surface area contributed by atoms with Crippen LogP contribution < -0.4 is 0 Å². The summed E-state index contributed by atoms with van der Waals surface area (Å²) < 4.78 is 0. The van der Waals surface area contributed by atoms with Crippen LogP contribution in [0.25, 0.3) is 0 Å². The number of hydrogen-bond donors (Lipinski definition) is 0. The Morgan fingerprint density at radius 2 is 2.40 bits per heavy atom. The van der Waals surface area contributed by atoms with Crippen LogP contribution >= 0.6 is 0 Å². The van der Waals surface area contributed by atoms with Gasteiger partial charge in [-0.05, 0) is 12.8 Å². The Hall–Kier alpha value is -0.530. The van der Waals surface area contributed by atoms with Crippen LogP contribution in [0.5, 0.6) is 0 Å². The minimum atomic E-state index is 0.376. The molecule has 10 heavy (non-hydrogen) atoms. The Labute approximate surface area is 62.3 Å². The second kappa shape index (κ2) is 3.59. The van der Waals surface area contributed by atoms with Crippen molar-refractivity contribution in [2.45, 2.75) is 45.6 Å². The molecule has 0 N–H and O–H groups in total. The fourth-order valence-corrected chi connectivity index (χ4v) is 1.14. The first-order valence-electron chi connectivity index (χ1n) is 4.08. The molecular formula is C8H15NO. The zero-order chi connectivity index (χ0) is 7.40. The predicted molar refractivity (Wildman–Crippen MR) is 42.1 cm³/mol. The molecule has 2 nitrogen and oxygen atoms in total. The Morgan fingerprint density at radius 1 is 1.60 bits per heavy atom. The van der Waals surface area contributed by atoms with Crippen molar-refractivity contribution in [3.63, 3.8) is 0 Å². The summed E-state index contributed by atoms with van der Waals surface area (Å²) in [6.45, 7) is 4.30. The van der Waals surface area contributed by atoms with E-state index in [0.29, 0.717) is 6.10 Å². The Morgan fingerprint density at radius 3 is 2.90 bits per heavy atom. The second-order valence-corrected chi connectivity index (χ2v) is 2.75. The molecule has 1 aliphatic rings. The SMILES string of the molecule is CCCC1=NOC(CC)C1. The van der Waals surface area contributed by atoms with E-state index in [9.17, 15) is 0 Å². The maximum Gasteiger partial charge on any atom is 0.132 e. The van der Waals surface area contributed by atoms with E-state index >= 15 is 0 Å². The number of hydrogen-bond acceptors (Lipinski definition) is 2. The molecule has 0 saturated carbocycles. The first-order chi connectivity index (χ1) is 4.86. The van der Waals surface area contributed by atoms with Gasteiger partial charge in [0, 0.05) is 6.42 Å². The zero-order valence-electron chi connectivity index (χ0n) is 6.76. The van der Waals surface area contributed by atoms with Gasteiger partial charge in [-0.15, -0.1) is 0 Å². The molecule has 1 aliphatic heterocycles. The summed E-state index contributed by atoms with van der Waals surface area (Å²) in [7, 11) is 0. The van der Waals surface area contributed by atoms with E-state index in [1.807, 2.05) is 0 Å². The van der Waals surface area contributed by atoms with Crippen molar-refractivity contribution in [2.75, 3.05) is 0 Å². The highest BCUT2D eigenvalue weighted by molar-refractivity contribution is 5.85. The van der Waals surface area contributed by atoms with Gasteiger partial charge in [-0.2, -0.15) is 0 Å². The van der Waals surface area contributed by atoms with Crippen LogP contribution in [-0.4, -0.2) is 11.8 Å². The molecule has 0 fully saturated rings. The Kier molecular flexibility index (Phi) is 2.72. The molecule has 0 bridgehead atoms. The minimum Gasteiger partial charge on any atom is -0.392 e. The van der Waals surface area contributed by atoms with Crippen LogP contribution in [-0.2, 0) is 4.84 Å². The number of oxime groups is 1. The summed E-state index contributed by atoms with van der Waals surface area (Å²) >= 11 is 0. The topological polar surface area (TPSA) is 21.6 Å². The highest BCUT2D eigenvalue weighted by atomic mass is 16.6. The van der Waals surface area contributed by atoms with Gasteiger partial charge in [0.25, 0.3) is 0 Å². The largest absolute Gasteiger partial charge is 0.392 e. The van der Waals surface area contributed by atoms with E-state index in [2.05, 4.69) is 19.0 Å². The highest BCUT2D eigenvalue weighted by Crippen LogP contribution is 2.15. The number of rotatable bonds is 3. The van der Waals surface area contributed by atoms with Crippen molar-refractivity contribution < 1.29 is 4.84 Å². The average molecular weight is 141 g/mol. The Bertz CT molecular complexity index is 131. The lowest BCUT2D eigenvalue weighted by Gasteiger charge is -2.01. The molecule has 1 atom stereocenters. The molecule has 0 aliphatic carbocycles. The van der Waals surface area contributed by atoms with Crippen molar-refractivity contribution in [2.24, 2.45) is 5.16 Å². The van der Waals surface area contributed by atoms with Crippen molar-refractivity contribution in [1.82, 2.24) is 0 Å². The molecule has 58 valence electrons. The van der Waals surface area contributed by atoms with Crippen LogP contribution in [0, 0.1) is 0 Å². The molecule has 0 radical (unpaired) electrons. The third-order valence-corrected chi connectivity index (χ3v) is 1.79. The lowest BCUT2D eigenvalue weighted by molar-refractivity contribution is 0.0828. The number of nitrogens with zero attached hydrogens (tertiary/aromatic N) is 1. The third kappa shape index (κ3) is 1.72. The van der Waals surface area contributed by atoms with Crippen LogP contribution in [0.2, 0.25) is 0 Å². The smallest absolute Gasteiger partial charge is 0.132 e. The zero-order valence-corrected chi connectivity index (χ0v) is 6.76. The average Bonchev–Trinajstić information content (AvgIpc) is 2.37. The molecule has 0 aromatic rings.